The van der Waals surface area contributed by atoms with E-state index in [-0.39, 0.29) is 42.9 Å². The molecule has 0 spiro atoms. The maximum Gasteiger partial charge on any atom is 0.317 e. The Morgan fingerprint density at radius 1 is 0.586 bits per heavy atom. The van der Waals surface area contributed by atoms with E-state index in [0.717, 1.165) is 5.57 Å². The van der Waals surface area contributed by atoms with Crippen LogP contribution in [-0.2, 0) is 52.2 Å². The summed E-state index contributed by atoms with van der Waals surface area (Å²) in [5.41, 5.74) is -4.21. The van der Waals surface area contributed by atoms with Crippen molar-refractivity contribution in [2.24, 2.45) is 50.2 Å². The number of carbonyl (C=O) groups excluding carboxylic acids is 1. The summed E-state index contributed by atoms with van der Waals surface area (Å²) < 4.78 is 58.9. The lowest BCUT2D eigenvalue weighted by molar-refractivity contribution is -0.369. The predicted octanol–water partition coefficient (Wildman–Crippen LogP) is -4.60. The van der Waals surface area contributed by atoms with Crippen molar-refractivity contribution in [1.82, 2.24) is 0 Å². The fourth-order valence-electron chi connectivity index (χ4n) is 17.9. The van der Waals surface area contributed by atoms with Crippen molar-refractivity contribution < 1.29 is 139 Å². The van der Waals surface area contributed by atoms with Crippen molar-refractivity contribution in [3.05, 3.63) is 11.6 Å². The van der Waals surface area contributed by atoms with Crippen LogP contribution in [0.25, 0.3) is 0 Å². The number of hydrogen-bond donors (Lipinski definition) is 17. The molecule has 28 nitrogen and oxygen atoms in total. The lowest BCUT2D eigenvalue weighted by Crippen LogP contribution is -2.71. The van der Waals surface area contributed by atoms with Gasteiger partial charge in [0.25, 0.3) is 0 Å². The van der Waals surface area contributed by atoms with Crippen LogP contribution < -0.4 is 0 Å². The summed E-state index contributed by atoms with van der Waals surface area (Å²) in [6, 6.07) is 0. The first-order valence-corrected chi connectivity index (χ1v) is 30.9. The Hall–Kier alpha value is -1.83. The second-order valence-corrected chi connectivity index (χ2v) is 28.4. The Kier molecular flexibility index (Phi) is 19.7. The van der Waals surface area contributed by atoms with Gasteiger partial charge in [-0.1, -0.05) is 53.2 Å². The highest BCUT2D eigenvalue weighted by atomic mass is 16.8. The minimum Gasteiger partial charge on any atom is -0.432 e. The summed E-state index contributed by atoms with van der Waals surface area (Å²) in [5, 5.41) is 187. The number of esters is 1. The standard InChI is InChI=1S/C59H96O28/c1-8-58(22-61)32-11-12-56(6)31(55(32,5)16-26(62)47(58)86-51-43(75)39(71)37(69)30(83-51)21-80-48-42(74)38(70)36(68)29(18-60)82-48)10-9-24-25-15-54(3,4)13-14-59(25,33(65)17-57(24,56)7)53(77)87-52-46(35(67)28(64)20-79-52)85-50-44(76)40(72)45(23(2)81-50)84-49-41(73)34(66)27(63)19-78-49/h9,23,25-52,60-76H,8,10-22H2,1-7H3. The third-order valence-electron chi connectivity index (χ3n) is 23.2. The molecule has 0 amide bonds. The average molecular weight is 1250 g/mol. The molecule has 0 bridgehead atoms. The number of carbonyl (C=O) groups is 1. The van der Waals surface area contributed by atoms with E-state index in [4.69, 9.17) is 47.4 Å². The van der Waals surface area contributed by atoms with Crippen molar-refractivity contribution in [3.63, 3.8) is 0 Å². The number of fused-ring (bicyclic) bond motifs is 7. The highest BCUT2D eigenvalue weighted by molar-refractivity contribution is 5.80. The first-order chi connectivity index (χ1) is 40.8. The van der Waals surface area contributed by atoms with E-state index in [1.165, 1.54) is 6.92 Å². The molecule has 9 fully saturated rings. The smallest absolute Gasteiger partial charge is 0.317 e. The molecule has 10 aliphatic rings. The van der Waals surface area contributed by atoms with Crippen LogP contribution in [-0.4, -0.2) is 285 Å². The third kappa shape index (κ3) is 11.2. The molecule has 0 aromatic rings. The Balaban J connectivity index is 0.876. The molecule has 5 aliphatic carbocycles. The number of ether oxygens (including phenoxy) is 10. The largest absolute Gasteiger partial charge is 0.432 e. The molecule has 500 valence electrons. The lowest BCUT2D eigenvalue weighted by Gasteiger charge is -2.72. The van der Waals surface area contributed by atoms with Crippen molar-refractivity contribution in [3.8, 4) is 0 Å². The second-order valence-electron chi connectivity index (χ2n) is 28.4. The summed E-state index contributed by atoms with van der Waals surface area (Å²) in [4.78, 5) is 15.4. The highest BCUT2D eigenvalue weighted by Gasteiger charge is 2.74. The van der Waals surface area contributed by atoms with Gasteiger partial charge in [-0.3, -0.25) is 4.79 Å². The van der Waals surface area contributed by atoms with E-state index in [1.807, 2.05) is 6.92 Å². The van der Waals surface area contributed by atoms with Gasteiger partial charge in [-0.05, 0) is 104 Å². The molecular formula is C59H96O28. The summed E-state index contributed by atoms with van der Waals surface area (Å²) in [6.45, 7) is 11.3. The Morgan fingerprint density at radius 2 is 1.17 bits per heavy atom. The molecule has 10 rings (SSSR count). The van der Waals surface area contributed by atoms with Crippen molar-refractivity contribution in [2.45, 2.75) is 266 Å². The normalized spacial score (nSPS) is 55.1. The minimum absolute atomic E-state index is 0.106. The number of allylic oxidation sites excluding steroid dienone is 2. The average Bonchev–Trinajstić information content (AvgIpc) is 0.673. The van der Waals surface area contributed by atoms with Gasteiger partial charge >= 0.3 is 5.97 Å². The molecule has 34 unspecified atom stereocenters. The molecule has 0 aromatic carbocycles. The van der Waals surface area contributed by atoms with Gasteiger partial charge < -0.3 is 134 Å². The zero-order chi connectivity index (χ0) is 63.6. The Morgan fingerprint density at radius 3 is 1.83 bits per heavy atom. The molecule has 5 aliphatic heterocycles. The van der Waals surface area contributed by atoms with Gasteiger partial charge in [0.2, 0.25) is 6.29 Å². The zero-order valence-electron chi connectivity index (χ0n) is 50.3. The Labute approximate surface area is 504 Å². The van der Waals surface area contributed by atoms with Gasteiger partial charge in [0, 0.05) is 5.41 Å². The molecule has 4 saturated carbocycles. The van der Waals surface area contributed by atoms with E-state index in [1.54, 1.807) is 0 Å². The molecule has 17 N–H and O–H groups in total. The quantitative estimate of drug-likeness (QED) is 0.0442. The van der Waals surface area contributed by atoms with E-state index in [9.17, 15) is 86.8 Å². The number of rotatable bonds is 14. The van der Waals surface area contributed by atoms with Crippen LogP contribution in [0.3, 0.4) is 0 Å². The molecule has 5 saturated heterocycles. The minimum atomic E-state index is -1.92. The van der Waals surface area contributed by atoms with Gasteiger partial charge in [0.15, 0.2) is 31.3 Å². The topological polar surface area (TPSA) is 453 Å². The molecule has 28 heteroatoms. The number of aliphatic hydroxyl groups is 17. The van der Waals surface area contributed by atoms with Gasteiger partial charge in [0.05, 0.1) is 57.5 Å². The second kappa shape index (κ2) is 25.1. The predicted molar refractivity (Wildman–Crippen MR) is 291 cm³/mol. The van der Waals surface area contributed by atoms with Crippen molar-refractivity contribution in [1.29, 1.82) is 0 Å². The van der Waals surface area contributed by atoms with Crippen LogP contribution >= 0.6 is 0 Å². The summed E-state index contributed by atoms with van der Waals surface area (Å²) >= 11 is 0. The van der Waals surface area contributed by atoms with Gasteiger partial charge in [-0.2, -0.15) is 0 Å². The monoisotopic (exact) mass is 1250 g/mol. The highest BCUT2D eigenvalue weighted by Crippen LogP contribution is 2.76. The van der Waals surface area contributed by atoms with Crippen LogP contribution in [0.5, 0.6) is 0 Å². The lowest BCUT2D eigenvalue weighted by atomic mass is 9.32. The zero-order valence-corrected chi connectivity index (χ0v) is 50.3. The van der Waals surface area contributed by atoms with E-state index < -0.39 is 232 Å². The molecular weight excluding hydrogens is 1160 g/mol. The van der Waals surface area contributed by atoms with E-state index in [0.29, 0.717) is 32.1 Å². The first-order valence-electron chi connectivity index (χ1n) is 30.9. The fourth-order valence-corrected chi connectivity index (χ4v) is 17.9. The summed E-state index contributed by atoms with van der Waals surface area (Å²) in [6.07, 6.45) is -36.3. The van der Waals surface area contributed by atoms with Crippen LogP contribution in [0.15, 0.2) is 11.6 Å². The first kappa shape index (κ1) is 68.0. The number of aliphatic hydroxyl groups excluding tert-OH is 17. The summed E-state index contributed by atoms with van der Waals surface area (Å²) in [7, 11) is 0. The van der Waals surface area contributed by atoms with Gasteiger partial charge in [0.1, 0.15) is 103 Å². The van der Waals surface area contributed by atoms with Crippen molar-refractivity contribution in [2.75, 3.05) is 33.0 Å². The molecule has 0 aromatic heterocycles. The van der Waals surface area contributed by atoms with Gasteiger partial charge in [-0.25, -0.2) is 0 Å². The maximum atomic E-state index is 15.4. The van der Waals surface area contributed by atoms with Crippen LogP contribution in [0.2, 0.25) is 0 Å². The fraction of sp³-hybridized carbons (Fsp3) is 0.949. The van der Waals surface area contributed by atoms with E-state index in [2.05, 4.69) is 40.7 Å². The number of hydrogen-bond acceptors (Lipinski definition) is 28. The Bertz CT molecular complexity index is 2420. The van der Waals surface area contributed by atoms with Crippen molar-refractivity contribution >= 4 is 5.97 Å². The van der Waals surface area contributed by atoms with Crippen LogP contribution in [0, 0.1) is 50.2 Å². The van der Waals surface area contributed by atoms with Crippen LogP contribution in [0.1, 0.15) is 106 Å². The van der Waals surface area contributed by atoms with E-state index >= 15 is 4.79 Å². The summed E-state index contributed by atoms with van der Waals surface area (Å²) in [5.74, 6) is -1.96. The third-order valence-corrected chi connectivity index (χ3v) is 23.2. The molecule has 0 radical (unpaired) electrons. The molecule has 34 atom stereocenters. The van der Waals surface area contributed by atoms with Gasteiger partial charge in [-0.15, -0.1) is 0 Å². The van der Waals surface area contributed by atoms with Crippen LogP contribution in [0.4, 0.5) is 0 Å². The molecule has 87 heavy (non-hydrogen) atoms. The molecule has 5 heterocycles. The SMILES string of the molecule is CCC1(CO)C(OC2OC(COC3OC(CO)C(O)C(O)C3O)C(O)C(O)C2O)C(O)CC2(C)C1CCC1(C)C2CC=C2C3CC(C)(C)CCC3(C(=O)OC3OCC(O)C(O)C3OC3OC(C)C(OC4OCC(O)C(O)C4O)C(O)C3O)C(O)CC21C. The maximum absolute atomic E-state index is 15.4.